The van der Waals surface area contributed by atoms with Gasteiger partial charge in [0.25, 0.3) is 0 Å². The van der Waals surface area contributed by atoms with E-state index in [-0.39, 0.29) is 11.9 Å². The SMILES string of the molecule is CC[C@@H](N)C(=O)Nc1sc2c(c1C(=O)OC)CCC2. The summed E-state index contributed by atoms with van der Waals surface area (Å²) in [7, 11) is 1.35. The van der Waals surface area contributed by atoms with Crippen molar-refractivity contribution in [2.24, 2.45) is 5.73 Å². The molecular formula is C13H18N2O3S. The molecule has 2 rings (SSSR count). The molecule has 1 aromatic heterocycles. The number of fused-ring (bicyclic) bond motifs is 1. The van der Waals surface area contributed by atoms with Gasteiger partial charge in [0.2, 0.25) is 5.91 Å². The first-order valence-electron chi connectivity index (χ1n) is 6.37. The van der Waals surface area contributed by atoms with E-state index in [2.05, 4.69) is 5.32 Å². The number of methoxy groups -OCH3 is 1. The van der Waals surface area contributed by atoms with Gasteiger partial charge in [0.05, 0.1) is 18.7 Å². The maximum absolute atomic E-state index is 11.9. The Morgan fingerprint density at radius 2 is 2.21 bits per heavy atom. The van der Waals surface area contributed by atoms with Crippen molar-refractivity contribution in [1.29, 1.82) is 0 Å². The van der Waals surface area contributed by atoms with Crippen LogP contribution in [-0.4, -0.2) is 25.0 Å². The van der Waals surface area contributed by atoms with Gasteiger partial charge in [-0.15, -0.1) is 11.3 Å². The third-order valence-electron chi connectivity index (χ3n) is 3.32. The zero-order valence-corrected chi connectivity index (χ0v) is 11.9. The number of hydrogen-bond acceptors (Lipinski definition) is 5. The van der Waals surface area contributed by atoms with Crippen LogP contribution in [0.4, 0.5) is 5.00 Å². The lowest BCUT2D eigenvalue weighted by Crippen LogP contribution is -2.35. The van der Waals surface area contributed by atoms with Gasteiger partial charge in [0, 0.05) is 4.88 Å². The van der Waals surface area contributed by atoms with E-state index < -0.39 is 6.04 Å². The summed E-state index contributed by atoms with van der Waals surface area (Å²) in [6.45, 7) is 1.85. The Bertz CT molecular complexity index is 510. The second-order valence-corrected chi connectivity index (χ2v) is 5.66. The van der Waals surface area contributed by atoms with Crippen LogP contribution in [0.5, 0.6) is 0 Å². The summed E-state index contributed by atoms with van der Waals surface area (Å²) in [5.41, 5.74) is 7.23. The highest BCUT2D eigenvalue weighted by molar-refractivity contribution is 7.17. The summed E-state index contributed by atoms with van der Waals surface area (Å²) in [5.74, 6) is -0.646. The van der Waals surface area contributed by atoms with Gasteiger partial charge in [-0.3, -0.25) is 4.79 Å². The fourth-order valence-electron chi connectivity index (χ4n) is 2.20. The summed E-state index contributed by atoms with van der Waals surface area (Å²) >= 11 is 1.46. The lowest BCUT2D eigenvalue weighted by Gasteiger charge is -2.10. The second-order valence-electron chi connectivity index (χ2n) is 4.56. The van der Waals surface area contributed by atoms with Crippen molar-refractivity contribution in [3.8, 4) is 0 Å². The predicted molar refractivity (Wildman–Crippen MR) is 74.6 cm³/mol. The summed E-state index contributed by atoms with van der Waals surface area (Å²) in [5, 5.41) is 3.33. The van der Waals surface area contributed by atoms with Gasteiger partial charge in [0.15, 0.2) is 0 Å². The van der Waals surface area contributed by atoms with Crippen LogP contribution in [-0.2, 0) is 22.4 Å². The summed E-state index contributed by atoms with van der Waals surface area (Å²) < 4.78 is 4.81. The first kappa shape index (κ1) is 14.0. The number of amides is 1. The van der Waals surface area contributed by atoms with E-state index in [1.54, 1.807) is 0 Å². The summed E-state index contributed by atoms with van der Waals surface area (Å²) in [6.07, 6.45) is 3.43. The Hall–Kier alpha value is -1.40. The molecule has 104 valence electrons. The van der Waals surface area contributed by atoms with E-state index in [1.807, 2.05) is 6.92 Å². The van der Waals surface area contributed by atoms with Crippen LogP contribution in [0.3, 0.4) is 0 Å². The normalized spacial score (nSPS) is 14.9. The number of hydrogen-bond donors (Lipinski definition) is 2. The van der Waals surface area contributed by atoms with E-state index in [0.29, 0.717) is 17.0 Å². The van der Waals surface area contributed by atoms with Crippen molar-refractivity contribution in [3.63, 3.8) is 0 Å². The van der Waals surface area contributed by atoms with Crippen LogP contribution >= 0.6 is 11.3 Å². The number of ether oxygens (including phenoxy) is 1. The molecule has 6 heteroatoms. The van der Waals surface area contributed by atoms with Crippen LogP contribution in [0.15, 0.2) is 0 Å². The maximum Gasteiger partial charge on any atom is 0.341 e. The number of nitrogens with one attached hydrogen (secondary N) is 1. The molecule has 0 fully saturated rings. The molecule has 1 aromatic rings. The summed E-state index contributed by atoms with van der Waals surface area (Å²) in [6, 6.07) is -0.553. The van der Waals surface area contributed by atoms with Crippen LogP contribution in [0, 0.1) is 0 Å². The third-order valence-corrected chi connectivity index (χ3v) is 4.53. The molecule has 1 heterocycles. The number of esters is 1. The zero-order chi connectivity index (χ0) is 14.0. The van der Waals surface area contributed by atoms with Crippen LogP contribution in [0.25, 0.3) is 0 Å². The molecule has 0 aromatic carbocycles. The minimum absolute atomic E-state index is 0.257. The smallest absolute Gasteiger partial charge is 0.341 e. The highest BCUT2D eigenvalue weighted by atomic mass is 32.1. The van der Waals surface area contributed by atoms with Crippen LogP contribution in [0.2, 0.25) is 0 Å². The Morgan fingerprint density at radius 3 is 2.84 bits per heavy atom. The van der Waals surface area contributed by atoms with Crippen LogP contribution in [0.1, 0.15) is 40.6 Å². The van der Waals surface area contributed by atoms with Crippen molar-refractivity contribution >= 4 is 28.2 Å². The number of thiophene rings is 1. The molecule has 1 amide bonds. The number of nitrogens with two attached hydrogens (primary N) is 1. The minimum atomic E-state index is -0.553. The van der Waals surface area contributed by atoms with Crippen molar-refractivity contribution in [3.05, 3.63) is 16.0 Å². The predicted octanol–water partition coefficient (Wildman–Crippen LogP) is 1.70. The van der Waals surface area contributed by atoms with Gasteiger partial charge in [-0.2, -0.15) is 0 Å². The van der Waals surface area contributed by atoms with Crippen molar-refractivity contribution in [2.45, 2.75) is 38.6 Å². The average Bonchev–Trinajstić information content (AvgIpc) is 2.96. The molecule has 1 atom stereocenters. The Morgan fingerprint density at radius 1 is 1.47 bits per heavy atom. The van der Waals surface area contributed by atoms with Crippen molar-refractivity contribution in [1.82, 2.24) is 0 Å². The molecule has 19 heavy (non-hydrogen) atoms. The molecule has 0 spiro atoms. The van der Waals surface area contributed by atoms with E-state index in [9.17, 15) is 9.59 Å². The monoisotopic (exact) mass is 282 g/mol. The first-order chi connectivity index (χ1) is 9.08. The molecular weight excluding hydrogens is 264 g/mol. The Labute approximate surface area is 116 Å². The largest absolute Gasteiger partial charge is 0.465 e. The van der Waals surface area contributed by atoms with Gasteiger partial charge in [-0.1, -0.05) is 6.92 Å². The van der Waals surface area contributed by atoms with Gasteiger partial charge >= 0.3 is 5.97 Å². The fourth-order valence-corrected chi connectivity index (χ4v) is 3.48. The molecule has 5 nitrogen and oxygen atoms in total. The first-order valence-corrected chi connectivity index (χ1v) is 7.19. The quantitative estimate of drug-likeness (QED) is 0.824. The molecule has 0 unspecified atom stereocenters. The van der Waals surface area contributed by atoms with E-state index in [4.69, 9.17) is 10.5 Å². The van der Waals surface area contributed by atoms with Gasteiger partial charge in [-0.25, -0.2) is 4.79 Å². The standard InChI is InChI=1S/C13H18N2O3S/c1-3-8(14)11(16)15-12-10(13(17)18-2)7-5-4-6-9(7)19-12/h8H,3-6,14H2,1-2H3,(H,15,16)/t8-/m1/s1. The van der Waals surface area contributed by atoms with E-state index in [0.717, 1.165) is 24.8 Å². The minimum Gasteiger partial charge on any atom is -0.465 e. The molecule has 3 N–H and O–H groups in total. The topological polar surface area (TPSA) is 81.4 Å². The lowest BCUT2D eigenvalue weighted by atomic mass is 10.1. The average molecular weight is 282 g/mol. The maximum atomic E-state index is 11.9. The molecule has 1 aliphatic carbocycles. The fraction of sp³-hybridized carbons (Fsp3) is 0.538. The van der Waals surface area contributed by atoms with Crippen molar-refractivity contribution < 1.29 is 14.3 Å². The Balaban J connectivity index is 2.30. The highest BCUT2D eigenvalue weighted by Crippen LogP contribution is 2.39. The Kier molecular flexibility index (Phi) is 4.21. The van der Waals surface area contributed by atoms with Crippen molar-refractivity contribution in [2.75, 3.05) is 12.4 Å². The molecule has 0 saturated heterocycles. The number of carbonyl (C=O) groups excluding carboxylic acids is 2. The van der Waals surface area contributed by atoms with Crippen LogP contribution < -0.4 is 11.1 Å². The molecule has 0 saturated carbocycles. The molecule has 0 radical (unpaired) electrons. The third kappa shape index (κ3) is 2.64. The number of carbonyl (C=O) groups is 2. The van der Waals surface area contributed by atoms with Gasteiger partial charge in [0.1, 0.15) is 5.00 Å². The van der Waals surface area contributed by atoms with E-state index in [1.165, 1.54) is 23.3 Å². The number of aryl methyl sites for hydroxylation is 1. The molecule has 0 aliphatic heterocycles. The molecule has 0 bridgehead atoms. The second kappa shape index (κ2) is 5.71. The summed E-state index contributed by atoms with van der Waals surface area (Å²) in [4.78, 5) is 24.9. The van der Waals surface area contributed by atoms with Gasteiger partial charge < -0.3 is 15.8 Å². The molecule has 1 aliphatic rings. The number of anilines is 1. The highest BCUT2D eigenvalue weighted by Gasteiger charge is 2.28. The lowest BCUT2D eigenvalue weighted by molar-refractivity contribution is -0.117. The zero-order valence-electron chi connectivity index (χ0n) is 11.1. The van der Waals surface area contributed by atoms with E-state index >= 15 is 0 Å². The van der Waals surface area contributed by atoms with Gasteiger partial charge in [-0.05, 0) is 31.2 Å². The number of rotatable bonds is 4.